The van der Waals surface area contributed by atoms with Crippen molar-refractivity contribution in [3.05, 3.63) is 35.9 Å². The molecule has 11 heteroatoms. The van der Waals surface area contributed by atoms with E-state index in [-0.39, 0.29) is 13.2 Å². The van der Waals surface area contributed by atoms with Gasteiger partial charge in [-0.05, 0) is 26.3 Å². The number of benzene rings is 1. The fraction of sp³-hybridized carbons (Fsp3) is 0.526. The SMILES string of the molecule is COP(=O)(CC(=O)[C@H](CNC(=O)OC(C)(C)C)NC(=O)OCc1ccccc1)OC. The maximum absolute atomic E-state index is 12.6. The van der Waals surface area contributed by atoms with Crippen molar-refractivity contribution in [2.24, 2.45) is 0 Å². The molecule has 30 heavy (non-hydrogen) atoms. The Balaban J connectivity index is 2.77. The third-order valence-electron chi connectivity index (χ3n) is 3.65. The van der Waals surface area contributed by atoms with Crippen molar-refractivity contribution in [2.75, 3.05) is 26.9 Å². The van der Waals surface area contributed by atoms with Gasteiger partial charge in [0.15, 0.2) is 5.78 Å². The number of alkyl carbamates (subject to hydrolysis) is 2. The number of hydrogen-bond donors (Lipinski definition) is 2. The van der Waals surface area contributed by atoms with Crippen LogP contribution >= 0.6 is 7.60 Å². The highest BCUT2D eigenvalue weighted by atomic mass is 31.2. The number of nitrogens with one attached hydrogen (secondary N) is 2. The van der Waals surface area contributed by atoms with Crippen molar-refractivity contribution in [1.29, 1.82) is 0 Å². The van der Waals surface area contributed by atoms with Crippen molar-refractivity contribution in [3.8, 4) is 0 Å². The van der Waals surface area contributed by atoms with E-state index in [9.17, 15) is 18.9 Å². The average Bonchev–Trinajstić information content (AvgIpc) is 2.68. The summed E-state index contributed by atoms with van der Waals surface area (Å²) in [7, 11) is -1.37. The summed E-state index contributed by atoms with van der Waals surface area (Å²) >= 11 is 0. The Kier molecular flexibility index (Phi) is 9.98. The first kappa shape index (κ1) is 25.6. The highest BCUT2D eigenvalue weighted by molar-refractivity contribution is 7.54. The second-order valence-corrected chi connectivity index (χ2v) is 9.51. The number of carbonyl (C=O) groups excluding carboxylic acids is 3. The molecule has 0 heterocycles. The molecule has 0 fully saturated rings. The maximum Gasteiger partial charge on any atom is 0.408 e. The van der Waals surface area contributed by atoms with Crippen molar-refractivity contribution in [3.63, 3.8) is 0 Å². The molecule has 0 aliphatic carbocycles. The molecule has 1 atom stereocenters. The van der Waals surface area contributed by atoms with Crippen molar-refractivity contribution < 1.29 is 37.5 Å². The van der Waals surface area contributed by atoms with Gasteiger partial charge in [-0.3, -0.25) is 9.36 Å². The zero-order valence-corrected chi connectivity index (χ0v) is 18.7. The lowest BCUT2D eigenvalue weighted by Gasteiger charge is -2.23. The first-order chi connectivity index (χ1) is 14.0. The van der Waals surface area contributed by atoms with Crippen molar-refractivity contribution in [1.82, 2.24) is 10.6 Å². The third kappa shape index (κ3) is 9.87. The van der Waals surface area contributed by atoms with E-state index in [2.05, 4.69) is 10.6 Å². The number of Topliss-reactive ketones (excluding diaryl/α,β-unsaturated/α-hetero) is 1. The summed E-state index contributed by atoms with van der Waals surface area (Å²) in [5.74, 6) is -0.672. The number of rotatable bonds is 10. The molecule has 1 rings (SSSR count). The normalized spacial score (nSPS) is 12.6. The molecule has 0 saturated carbocycles. The topological polar surface area (TPSA) is 129 Å². The molecule has 168 valence electrons. The highest BCUT2D eigenvalue weighted by Crippen LogP contribution is 2.46. The van der Waals surface area contributed by atoms with E-state index >= 15 is 0 Å². The highest BCUT2D eigenvalue weighted by Gasteiger charge is 2.32. The van der Waals surface area contributed by atoms with E-state index < -0.39 is 43.4 Å². The number of amides is 2. The second-order valence-electron chi connectivity index (χ2n) is 7.24. The molecule has 0 radical (unpaired) electrons. The van der Waals surface area contributed by atoms with Gasteiger partial charge in [-0.1, -0.05) is 30.3 Å². The Bertz CT molecular complexity index is 756. The fourth-order valence-electron chi connectivity index (χ4n) is 2.16. The maximum atomic E-state index is 12.6. The Morgan fingerprint density at radius 2 is 1.63 bits per heavy atom. The van der Waals surface area contributed by atoms with Crippen LogP contribution in [-0.2, 0) is 34.5 Å². The Hall–Kier alpha value is -2.42. The van der Waals surface area contributed by atoms with Crippen molar-refractivity contribution in [2.45, 2.75) is 39.0 Å². The van der Waals surface area contributed by atoms with E-state index in [0.717, 1.165) is 19.8 Å². The molecule has 0 aliphatic heterocycles. The van der Waals surface area contributed by atoms with Gasteiger partial charge in [-0.25, -0.2) is 9.59 Å². The van der Waals surface area contributed by atoms with Gasteiger partial charge in [0.05, 0.1) is 0 Å². The molecular weight excluding hydrogens is 415 g/mol. The summed E-state index contributed by atoms with van der Waals surface area (Å²) in [6, 6.07) is 7.71. The molecule has 2 amide bonds. The Morgan fingerprint density at radius 1 is 1.03 bits per heavy atom. The van der Waals surface area contributed by atoms with Gasteiger partial charge in [-0.2, -0.15) is 0 Å². The summed E-state index contributed by atoms with van der Waals surface area (Å²) in [5.41, 5.74) is 0.0126. The molecule has 0 aromatic heterocycles. The van der Waals surface area contributed by atoms with E-state index in [1.165, 1.54) is 0 Å². The summed E-state index contributed by atoms with van der Waals surface area (Å²) in [5, 5.41) is 4.76. The van der Waals surface area contributed by atoms with E-state index in [0.29, 0.717) is 0 Å². The van der Waals surface area contributed by atoms with Crippen molar-refractivity contribution >= 4 is 25.6 Å². The lowest BCUT2D eigenvalue weighted by molar-refractivity contribution is -0.118. The van der Waals surface area contributed by atoms with Crippen LogP contribution in [0.2, 0.25) is 0 Å². The minimum absolute atomic E-state index is 0.0122. The number of carbonyl (C=O) groups is 3. The molecule has 0 aliphatic rings. The lowest BCUT2D eigenvalue weighted by Crippen LogP contribution is -2.50. The zero-order chi connectivity index (χ0) is 22.8. The monoisotopic (exact) mass is 444 g/mol. The third-order valence-corrected chi connectivity index (χ3v) is 5.46. The molecule has 0 saturated heterocycles. The molecule has 1 aromatic rings. The lowest BCUT2D eigenvalue weighted by atomic mass is 10.2. The van der Waals surface area contributed by atoms with Crippen LogP contribution in [0.15, 0.2) is 30.3 Å². The zero-order valence-electron chi connectivity index (χ0n) is 17.8. The number of hydrogen-bond acceptors (Lipinski definition) is 8. The molecule has 0 bridgehead atoms. The first-order valence-corrected chi connectivity index (χ1v) is 10.9. The van der Waals surface area contributed by atoms with Crippen LogP contribution in [0.1, 0.15) is 26.3 Å². The standard InChI is InChI=1S/C19H29N2O8P/c1-19(2,3)29-17(23)20-11-15(16(22)13-30(25,26-4)27-5)21-18(24)28-12-14-9-7-6-8-10-14/h6-10,15H,11-13H2,1-5H3,(H,20,23)(H,21,24)/t15-/m0/s1. The van der Waals surface area contributed by atoms with Crippen LogP contribution in [0.5, 0.6) is 0 Å². The van der Waals surface area contributed by atoms with Crippen LogP contribution in [-0.4, -0.2) is 56.5 Å². The number of ketones is 1. The van der Waals surface area contributed by atoms with Gasteiger partial charge >= 0.3 is 19.8 Å². The Labute approximate surface area is 176 Å². The van der Waals surface area contributed by atoms with Gasteiger partial charge in [-0.15, -0.1) is 0 Å². The summed E-state index contributed by atoms with van der Waals surface area (Å²) in [6.45, 7) is 4.73. The van der Waals surface area contributed by atoms with Crippen LogP contribution in [0, 0.1) is 0 Å². The van der Waals surface area contributed by atoms with Crippen LogP contribution in [0.25, 0.3) is 0 Å². The van der Waals surface area contributed by atoms with Gasteiger partial charge in [0.2, 0.25) is 0 Å². The average molecular weight is 444 g/mol. The fourth-order valence-corrected chi connectivity index (χ4v) is 3.17. The molecule has 0 unspecified atom stereocenters. The first-order valence-electron chi connectivity index (χ1n) is 9.15. The second kappa shape index (κ2) is 11.7. The van der Waals surface area contributed by atoms with Crippen LogP contribution < -0.4 is 10.6 Å². The Morgan fingerprint density at radius 3 is 2.17 bits per heavy atom. The van der Waals surface area contributed by atoms with E-state index in [1.807, 2.05) is 6.07 Å². The smallest absolute Gasteiger partial charge is 0.408 e. The summed E-state index contributed by atoms with van der Waals surface area (Å²) in [4.78, 5) is 36.6. The quantitative estimate of drug-likeness (QED) is 0.527. The van der Waals surface area contributed by atoms with Gasteiger partial charge < -0.3 is 29.2 Å². The van der Waals surface area contributed by atoms with Gasteiger partial charge in [0, 0.05) is 20.8 Å². The minimum Gasteiger partial charge on any atom is -0.445 e. The minimum atomic E-state index is -3.66. The predicted molar refractivity (Wildman–Crippen MR) is 109 cm³/mol. The van der Waals surface area contributed by atoms with Crippen LogP contribution in [0.3, 0.4) is 0 Å². The van der Waals surface area contributed by atoms with E-state index in [1.54, 1.807) is 45.0 Å². The van der Waals surface area contributed by atoms with E-state index in [4.69, 9.17) is 18.5 Å². The molecule has 10 nitrogen and oxygen atoms in total. The molecule has 1 aromatic carbocycles. The van der Waals surface area contributed by atoms with Gasteiger partial charge in [0.1, 0.15) is 24.4 Å². The van der Waals surface area contributed by atoms with Gasteiger partial charge in [0.25, 0.3) is 0 Å². The molecular formula is C19H29N2O8P. The summed E-state index contributed by atoms with van der Waals surface area (Å²) in [6.07, 6.45) is -2.26. The van der Waals surface area contributed by atoms with Crippen LogP contribution in [0.4, 0.5) is 9.59 Å². The largest absolute Gasteiger partial charge is 0.445 e. The number of ether oxygens (including phenoxy) is 2. The predicted octanol–water partition coefficient (Wildman–Crippen LogP) is 2.86. The summed E-state index contributed by atoms with van der Waals surface area (Å²) < 4.78 is 32.0. The molecule has 0 spiro atoms. The molecule has 2 N–H and O–H groups in total.